The molecule has 1 aliphatic heterocycles. The van der Waals surface area contributed by atoms with Crippen molar-refractivity contribution in [2.24, 2.45) is 23.5 Å². The number of likely N-dealkylation sites (N-methyl/N-ethyl adjacent to an activating group) is 1. The number of amides is 8. The van der Waals surface area contributed by atoms with Crippen molar-refractivity contribution in [3.63, 3.8) is 0 Å². The zero-order valence-corrected chi connectivity index (χ0v) is 50.2. The summed E-state index contributed by atoms with van der Waals surface area (Å²) < 4.78 is 27.9. The number of aromatic hydroxyl groups is 1. The van der Waals surface area contributed by atoms with Gasteiger partial charge in [-0.25, -0.2) is 15.2 Å². The first-order valence-corrected chi connectivity index (χ1v) is 29.6. The number of likely N-dealkylation sites (tertiary alicyclic amines) is 1. The molecule has 0 bridgehead atoms. The number of nitrogens with zero attached hydrogens (tertiary/aromatic N) is 3. The van der Waals surface area contributed by atoms with Crippen LogP contribution in [-0.2, 0) is 58.9 Å². The predicted octanol–water partition coefficient (Wildman–Crippen LogP) is 2.47. The lowest BCUT2D eigenvalue weighted by Crippen LogP contribution is -2.58. The van der Waals surface area contributed by atoms with Crippen molar-refractivity contribution in [3.8, 4) is 5.75 Å². The summed E-state index contributed by atoms with van der Waals surface area (Å²) in [6.45, 7) is 16.2. The molecule has 10 N–H and O–H groups in total. The molecule has 7 atom stereocenters. The minimum absolute atomic E-state index is 0.00796. The van der Waals surface area contributed by atoms with Crippen molar-refractivity contribution in [1.29, 1.82) is 0 Å². The molecule has 2 heterocycles. The average Bonchev–Trinajstić information content (AvgIpc) is 4.16. The first-order chi connectivity index (χ1) is 39.3. The van der Waals surface area contributed by atoms with Gasteiger partial charge in [0, 0.05) is 49.5 Å². The molecule has 8 amide bonds. The van der Waals surface area contributed by atoms with Crippen LogP contribution in [0.15, 0.2) is 29.6 Å². The third-order valence-corrected chi connectivity index (χ3v) is 14.7. The fourth-order valence-corrected chi connectivity index (χ4v) is 9.80. The monoisotopic (exact) mass is 1180 g/mol. The number of aromatic nitrogens is 1. The summed E-state index contributed by atoms with van der Waals surface area (Å²) in [7, 11) is 1.96. The van der Waals surface area contributed by atoms with Crippen LogP contribution in [0.2, 0.25) is 0 Å². The van der Waals surface area contributed by atoms with E-state index in [1.54, 1.807) is 24.4 Å². The van der Waals surface area contributed by atoms with Crippen molar-refractivity contribution in [1.82, 2.24) is 52.2 Å². The Bertz CT molecular complexity index is 2260. The standard InChI is InChI=1S/C56H93N11O14S/c1-9-20-67(55(75)50(38(6)11-3)63-53(74)44-14-12-13-21-66(44)8)45(37(4)5)32-46(80-22-10-2)54-62-43(36-82-54)52(73)61-41(31-40-15-17-42(68)18-16-40)30-39(7)51(72)64-65-56(76)81-29-28-79-27-26-78-25-24-77-23-19-58-48(70)34-60-49(71)35-59-47(69)33-57/h15-18,36-39,41,44-46,50,68H,9-14,19-35,57H2,1-8H3,(H,58,70)(H,59,69)(H,60,71)(H,61,73)(H,63,74)(H,64,72)(H,65,76)/t38-,39-,41+,44+,45+,46+,50-/m0/s1. The van der Waals surface area contributed by atoms with Crippen LogP contribution in [0, 0.1) is 17.8 Å². The number of piperidine rings is 1. The van der Waals surface area contributed by atoms with Crippen molar-refractivity contribution in [2.75, 3.05) is 99.2 Å². The number of hydrazine groups is 1. The van der Waals surface area contributed by atoms with E-state index < -0.39 is 59.7 Å². The van der Waals surface area contributed by atoms with Gasteiger partial charge < -0.3 is 66.0 Å². The summed E-state index contributed by atoms with van der Waals surface area (Å²) in [5.74, 6) is -3.40. The van der Waals surface area contributed by atoms with E-state index in [0.29, 0.717) is 43.8 Å². The summed E-state index contributed by atoms with van der Waals surface area (Å²) in [6.07, 6.45) is 4.30. The number of carbonyl (C=O) groups excluding carboxylic acids is 8. The van der Waals surface area contributed by atoms with E-state index in [9.17, 15) is 43.5 Å². The normalized spacial score (nSPS) is 15.7. The van der Waals surface area contributed by atoms with E-state index in [1.807, 2.05) is 39.6 Å². The fraction of sp³-hybridized carbons (Fsp3) is 0.696. The summed E-state index contributed by atoms with van der Waals surface area (Å²) in [4.78, 5) is 112. The van der Waals surface area contributed by atoms with Gasteiger partial charge in [0.05, 0.1) is 65.3 Å². The highest BCUT2D eigenvalue weighted by atomic mass is 32.1. The minimum Gasteiger partial charge on any atom is -0.508 e. The molecule has 1 aromatic carbocycles. The highest BCUT2D eigenvalue weighted by Crippen LogP contribution is 2.32. The number of hydrogen-bond acceptors (Lipinski definition) is 18. The summed E-state index contributed by atoms with van der Waals surface area (Å²) in [5.41, 5.74) is 10.7. The number of benzene rings is 1. The van der Waals surface area contributed by atoms with Crippen LogP contribution in [0.1, 0.15) is 127 Å². The minimum atomic E-state index is -0.910. The Hall–Kier alpha value is -6.03. The second-order valence-corrected chi connectivity index (χ2v) is 21.6. The molecular formula is C56H93N11O14S. The molecule has 2 aromatic rings. The first kappa shape index (κ1) is 70.2. The number of nitrogens with two attached hydrogens (primary N) is 1. The second kappa shape index (κ2) is 39.5. The Morgan fingerprint density at radius 2 is 1.44 bits per heavy atom. The largest absolute Gasteiger partial charge is 0.508 e. The number of thiazole rings is 1. The molecule has 82 heavy (non-hydrogen) atoms. The number of hydrogen-bond donors (Lipinski definition) is 9. The molecule has 1 aromatic heterocycles. The van der Waals surface area contributed by atoms with Crippen LogP contribution >= 0.6 is 11.3 Å². The van der Waals surface area contributed by atoms with Gasteiger partial charge in [0.1, 0.15) is 35.2 Å². The molecule has 1 fully saturated rings. The molecule has 0 unspecified atom stereocenters. The van der Waals surface area contributed by atoms with Gasteiger partial charge in [-0.2, -0.15) is 0 Å². The van der Waals surface area contributed by atoms with Crippen molar-refractivity contribution in [3.05, 3.63) is 45.9 Å². The Labute approximate surface area is 487 Å². The Morgan fingerprint density at radius 3 is 2.06 bits per heavy atom. The molecule has 462 valence electrons. The van der Waals surface area contributed by atoms with Crippen molar-refractivity contribution >= 4 is 58.8 Å². The molecule has 1 aliphatic rings. The zero-order chi connectivity index (χ0) is 60.4. The smallest absolute Gasteiger partial charge is 0.426 e. The van der Waals surface area contributed by atoms with E-state index in [-0.39, 0.29) is 126 Å². The van der Waals surface area contributed by atoms with Crippen LogP contribution in [0.5, 0.6) is 5.75 Å². The fourth-order valence-electron chi connectivity index (χ4n) is 8.94. The predicted molar refractivity (Wildman–Crippen MR) is 308 cm³/mol. The maximum atomic E-state index is 14.8. The molecule has 1 saturated heterocycles. The number of ether oxygens (including phenoxy) is 5. The van der Waals surface area contributed by atoms with Crippen LogP contribution < -0.4 is 43.2 Å². The average molecular weight is 1180 g/mol. The van der Waals surface area contributed by atoms with Crippen LogP contribution in [0.4, 0.5) is 4.79 Å². The third-order valence-electron chi connectivity index (χ3n) is 13.8. The molecule has 0 radical (unpaired) electrons. The number of phenols is 1. The summed E-state index contributed by atoms with van der Waals surface area (Å²) in [5, 5.41) is 25.7. The SMILES string of the molecule is CCCO[C@H](C[C@H](C(C)C)N(CCC)C(=O)[C@@H](NC(=O)[C@H]1CCCCN1C)[C@@H](C)CC)c1nc(C(=O)N[C@@H](Cc2ccc(O)cc2)C[C@H](C)C(=O)NNC(=O)OCCOCCOCCOCCNC(=O)CNC(=O)CNC(=O)CN)cs1. The van der Waals surface area contributed by atoms with Gasteiger partial charge in [0.15, 0.2) is 0 Å². The summed E-state index contributed by atoms with van der Waals surface area (Å²) in [6, 6.07) is 4.68. The van der Waals surface area contributed by atoms with E-state index in [2.05, 4.69) is 56.2 Å². The van der Waals surface area contributed by atoms with E-state index in [4.69, 9.17) is 34.4 Å². The second-order valence-electron chi connectivity index (χ2n) is 20.7. The maximum Gasteiger partial charge on any atom is 0.426 e. The van der Waals surface area contributed by atoms with Crippen LogP contribution in [-0.4, -0.2) is 191 Å². The number of nitrogens with one attached hydrogen (secondary N) is 7. The van der Waals surface area contributed by atoms with Gasteiger partial charge in [-0.1, -0.05) is 73.4 Å². The van der Waals surface area contributed by atoms with E-state index in [1.165, 1.54) is 23.5 Å². The quantitative estimate of drug-likeness (QED) is 0.0343. The lowest BCUT2D eigenvalue weighted by Gasteiger charge is -2.40. The number of rotatable bonds is 39. The number of phenolic OH excluding ortho intramolecular Hbond substituents is 1. The highest BCUT2D eigenvalue weighted by Gasteiger charge is 2.38. The van der Waals surface area contributed by atoms with Gasteiger partial charge >= 0.3 is 6.09 Å². The zero-order valence-electron chi connectivity index (χ0n) is 49.4. The van der Waals surface area contributed by atoms with Crippen LogP contribution in [0.3, 0.4) is 0 Å². The molecule has 0 aliphatic carbocycles. The van der Waals surface area contributed by atoms with Gasteiger partial charge in [0.25, 0.3) is 5.91 Å². The highest BCUT2D eigenvalue weighted by molar-refractivity contribution is 7.09. The first-order valence-electron chi connectivity index (χ1n) is 28.7. The Morgan fingerprint density at radius 1 is 0.793 bits per heavy atom. The van der Waals surface area contributed by atoms with E-state index in [0.717, 1.165) is 37.8 Å². The van der Waals surface area contributed by atoms with Crippen LogP contribution in [0.25, 0.3) is 0 Å². The third kappa shape index (κ3) is 26.5. The Kier molecular flexibility index (Phi) is 33.8. The lowest BCUT2D eigenvalue weighted by molar-refractivity contribution is -0.143. The number of carbonyl (C=O) groups is 8. The molecule has 26 heteroatoms. The molecule has 0 spiro atoms. The molecular weight excluding hydrogens is 1080 g/mol. The lowest BCUT2D eigenvalue weighted by atomic mass is 9.92. The van der Waals surface area contributed by atoms with Gasteiger partial charge in [-0.15, -0.1) is 11.3 Å². The topological polar surface area (TPSA) is 333 Å². The molecule has 25 nitrogen and oxygen atoms in total. The van der Waals surface area contributed by atoms with Gasteiger partial charge in [0.2, 0.25) is 35.4 Å². The maximum absolute atomic E-state index is 14.8. The molecule has 0 saturated carbocycles. The van der Waals surface area contributed by atoms with Gasteiger partial charge in [-0.3, -0.25) is 43.9 Å². The summed E-state index contributed by atoms with van der Waals surface area (Å²) >= 11 is 1.29. The van der Waals surface area contributed by atoms with Crippen molar-refractivity contribution in [2.45, 2.75) is 137 Å². The van der Waals surface area contributed by atoms with E-state index >= 15 is 0 Å². The molecule has 3 rings (SSSR count). The Balaban J connectivity index is 1.52. The van der Waals surface area contributed by atoms with Crippen molar-refractivity contribution < 1.29 is 67.1 Å². The van der Waals surface area contributed by atoms with Gasteiger partial charge in [-0.05, 0) is 81.6 Å².